The first-order chi connectivity index (χ1) is 12.0. The van der Waals surface area contributed by atoms with Crippen LogP contribution in [0.15, 0.2) is 28.8 Å². The van der Waals surface area contributed by atoms with Gasteiger partial charge in [0.15, 0.2) is 6.61 Å². The molecule has 0 fully saturated rings. The van der Waals surface area contributed by atoms with E-state index in [2.05, 4.69) is 10.1 Å². The highest BCUT2D eigenvalue weighted by Crippen LogP contribution is 2.16. The Kier molecular flexibility index (Phi) is 6.47. The summed E-state index contributed by atoms with van der Waals surface area (Å²) in [6, 6.07) is 6.46. The molecule has 1 N–H and O–H groups in total. The van der Waals surface area contributed by atoms with Crippen molar-refractivity contribution in [3.8, 4) is 5.75 Å². The van der Waals surface area contributed by atoms with Crippen LogP contribution in [0.5, 0.6) is 5.75 Å². The number of methoxy groups -OCH3 is 1. The van der Waals surface area contributed by atoms with Gasteiger partial charge in [-0.25, -0.2) is 0 Å². The van der Waals surface area contributed by atoms with Gasteiger partial charge in [-0.2, -0.15) is 4.98 Å². The number of carboxylic acid groups (broad SMARTS) is 1. The molecular weight excluding hydrogens is 330 g/mol. The number of rotatable bonds is 9. The Balaban J connectivity index is 2.06. The van der Waals surface area contributed by atoms with E-state index in [-0.39, 0.29) is 19.8 Å². The number of ether oxygens (including phenoxy) is 2. The van der Waals surface area contributed by atoms with E-state index in [4.69, 9.17) is 19.1 Å². The summed E-state index contributed by atoms with van der Waals surface area (Å²) in [5.41, 5.74) is 0.319. The number of carbonyl (C=O) groups is 2. The van der Waals surface area contributed by atoms with Crippen LogP contribution in [-0.4, -0.2) is 58.8 Å². The number of aromatic nitrogens is 2. The standard InChI is InChI=1S/C16H19N3O6/c1-11-17-14(18-25-11)10-24-13-5-3-4-12(8-13)16(22)19(6-7-23-2)9-15(20)21/h3-5,8H,6-7,9-10H2,1-2H3,(H,20,21). The van der Waals surface area contributed by atoms with E-state index in [9.17, 15) is 9.59 Å². The molecular formula is C16H19N3O6. The predicted octanol–water partition coefficient (Wildman–Crippen LogP) is 1.13. The maximum Gasteiger partial charge on any atom is 0.323 e. The summed E-state index contributed by atoms with van der Waals surface area (Å²) in [7, 11) is 1.48. The molecule has 1 aromatic carbocycles. The Labute approximate surface area is 144 Å². The van der Waals surface area contributed by atoms with Gasteiger partial charge in [-0.15, -0.1) is 0 Å². The van der Waals surface area contributed by atoms with Gasteiger partial charge in [0, 0.05) is 26.1 Å². The van der Waals surface area contributed by atoms with Crippen molar-refractivity contribution in [2.45, 2.75) is 13.5 Å². The number of carbonyl (C=O) groups excluding carboxylic acids is 1. The van der Waals surface area contributed by atoms with E-state index in [1.54, 1.807) is 25.1 Å². The summed E-state index contributed by atoms with van der Waals surface area (Å²) in [5, 5.41) is 12.7. The molecule has 0 aliphatic carbocycles. The summed E-state index contributed by atoms with van der Waals surface area (Å²) in [6.45, 7) is 1.78. The van der Waals surface area contributed by atoms with Gasteiger partial charge >= 0.3 is 5.97 Å². The van der Waals surface area contributed by atoms with Crippen LogP contribution in [0, 0.1) is 6.92 Å². The second-order valence-corrected chi connectivity index (χ2v) is 5.16. The van der Waals surface area contributed by atoms with Crippen LogP contribution in [0.1, 0.15) is 22.1 Å². The molecule has 2 rings (SSSR count). The third kappa shape index (κ3) is 5.57. The van der Waals surface area contributed by atoms with E-state index in [0.717, 1.165) is 0 Å². The van der Waals surface area contributed by atoms with Crippen molar-refractivity contribution in [3.63, 3.8) is 0 Å². The van der Waals surface area contributed by atoms with Crippen LogP contribution in [0.2, 0.25) is 0 Å². The van der Waals surface area contributed by atoms with E-state index in [1.807, 2.05) is 0 Å². The topological polar surface area (TPSA) is 115 Å². The zero-order chi connectivity index (χ0) is 18.2. The minimum absolute atomic E-state index is 0.0947. The lowest BCUT2D eigenvalue weighted by atomic mass is 10.2. The first kappa shape index (κ1) is 18.4. The average Bonchev–Trinajstić information content (AvgIpc) is 3.01. The monoisotopic (exact) mass is 349 g/mol. The number of aryl methyl sites for hydroxylation is 1. The van der Waals surface area contributed by atoms with E-state index in [1.165, 1.54) is 18.1 Å². The molecule has 0 saturated heterocycles. The Morgan fingerprint density at radius 3 is 2.80 bits per heavy atom. The Hall–Kier alpha value is -2.94. The highest BCUT2D eigenvalue weighted by atomic mass is 16.5. The van der Waals surface area contributed by atoms with Crippen LogP contribution in [0.3, 0.4) is 0 Å². The highest BCUT2D eigenvalue weighted by Gasteiger charge is 2.19. The van der Waals surface area contributed by atoms with Gasteiger partial charge in [-0.1, -0.05) is 11.2 Å². The number of hydrogen-bond acceptors (Lipinski definition) is 7. The Morgan fingerprint density at radius 2 is 2.16 bits per heavy atom. The fraction of sp³-hybridized carbons (Fsp3) is 0.375. The fourth-order valence-electron chi connectivity index (χ4n) is 2.07. The number of nitrogens with zero attached hydrogens (tertiary/aromatic N) is 3. The molecule has 2 aromatic rings. The van der Waals surface area contributed by atoms with Crippen molar-refractivity contribution >= 4 is 11.9 Å². The first-order valence-electron chi connectivity index (χ1n) is 7.51. The third-order valence-corrected chi connectivity index (χ3v) is 3.20. The summed E-state index contributed by atoms with van der Waals surface area (Å²) in [4.78, 5) is 28.7. The van der Waals surface area contributed by atoms with Crippen molar-refractivity contribution in [3.05, 3.63) is 41.5 Å². The summed E-state index contributed by atoms with van der Waals surface area (Å²) < 4.78 is 15.3. The van der Waals surface area contributed by atoms with Crippen LogP contribution in [0.4, 0.5) is 0 Å². The molecule has 1 amide bonds. The van der Waals surface area contributed by atoms with E-state index in [0.29, 0.717) is 23.0 Å². The molecule has 9 nitrogen and oxygen atoms in total. The average molecular weight is 349 g/mol. The fourth-order valence-corrected chi connectivity index (χ4v) is 2.07. The summed E-state index contributed by atoms with van der Waals surface area (Å²) in [5.74, 6) is -0.244. The van der Waals surface area contributed by atoms with Crippen molar-refractivity contribution in [1.29, 1.82) is 0 Å². The largest absolute Gasteiger partial charge is 0.485 e. The third-order valence-electron chi connectivity index (χ3n) is 3.20. The Morgan fingerprint density at radius 1 is 1.36 bits per heavy atom. The molecule has 0 spiro atoms. The molecule has 25 heavy (non-hydrogen) atoms. The van der Waals surface area contributed by atoms with Gasteiger partial charge in [0.25, 0.3) is 5.91 Å². The minimum Gasteiger partial charge on any atom is -0.485 e. The molecule has 0 saturated carbocycles. The molecule has 9 heteroatoms. The normalized spacial score (nSPS) is 10.5. The van der Waals surface area contributed by atoms with Crippen molar-refractivity contribution < 1.29 is 28.7 Å². The van der Waals surface area contributed by atoms with Gasteiger partial charge in [0.2, 0.25) is 11.7 Å². The van der Waals surface area contributed by atoms with Gasteiger partial charge < -0.3 is 24.0 Å². The molecule has 0 radical (unpaired) electrons. The lowest BCUT2D eigenvalue weighted by Gasteiger charge is -2.20. The molecule has 0 unspecified atom stereocenters. The molecule has 134 valence electrons. The zero-order valence-electron chi connectivity index (χ0n) is 14.0. The zero-order valence-corrected chi connectivity index (χ0v) is 14.0. The number of hydrogen-bond donors (Lipinski definition) is 1. The van der Waals surface area contributed by atoms with Crippen molar-refractivity contribution in [2.24, 2.45) is 0 Å². The van der Waals surface area contributed by atoms with Crippen LogP contribution in [0.25, 0.3) is 0 Å². The van der Waals surface area contributed by atoms with Gasteiger partial charge in [0.05, 0.1) is 6.61 Å². The lowest BCUT2D eigenvalue weighted by molar-refractivity contribution is -0.137. The lowest BCUT2D eigenvalue weighted by Crippen LogP contribution is -2.38. The van der Waals surface area contributed by atoms with Crippen molar-refractivity contribution in [1.82, 2.24) is 15.0 Å². The van der Waals surface area contributed by atoms with Crippen LogP contribution >= 0.6 is 0 Å². The predicted molar refractivity (Wildman–Crippen MR) is 85.2 cm³/mol. The Bertz CT molecular complexity index is 730. The first-order valence-corrected chi connectivity index (χ1v) is 7.51. The SMILES string of the molecule is COCCN(CC(=O)O)C(=O)c1cccc(OCc2noc(C)n2)c1. The second-order valence-electron chi connectivity index (χ2n) is 5.16. The number of amides is 1. The maximum atomic E-state index is 12.5. The summed E-state index contributed by atoms with van der Waals surface area (Å²) in [6.07, 6.45) is 0. The number of benzene rings is 1. The molecule has 1 heterocycles. The maximum absolute atomic E-state index is 12.5. The highest BCUT2D eigenvalue weighted by molar-refractivity contribution is 5.96. The molecule has 0 atom stereocenters. The summed E-state index contributed by atoms with van der Waals surface area (Å²) >= 11 is 0. The van der Waals surface area contributed by atoms with Gasteiger partial charge in [-0.3, -0.25) is 9.59 Å². The molecule has 1 aromatic heterocycles. The van der Waals surface area contributed by atoms with Crippen LogP contribution < -0.4 is 4.74 Å². The minimum atomic E-state index is -1.09. The second kappa shape index (κ2) is 8.78. The number of carboxylic acids is 1. The smallest absolute Gasteiger partial charge is 0.323 e. The molecule has 0 bridgehead atoms. The molecule has 0 aliphatic heterocycles. The van der Waals surface area contributed by atoms with E-state index < -0.39 is 18.4 Å². The van der Waals surface area contributed by atoms with Crippen LogP contribution in [-0.2, 0) is 16.1 Å². The molecule has 0 aliphatic rings. The quantitative estimate of drug-likeness (QED) is 0.716. The van der Waals surface area contributed by atoms with Gasteiger partial charge in [-0.05, 0) is 18.2 Å². The van der Waals surface area contributed by atoms with E-state index >= 15 is 0 Å². The van der Waals surface area contributed by atoms with Gasteiger partial charge in [0.1, 0.15) is 12.3 Å². The number of aliphatic carboxylic acids is 1. The van der Waals surface area contributed by atoms with Crippen molar-refractivity contribution in [2.75, 3.05) is 26.8 Å².